The van der Waals surface area contributed by atoms with E-state index in [1.54, 1.807) is 13.2 Å². The first kappa shape index (κ1) is 20.3. The Bertz CT molecular complexity index is 620. The smallest absolute Gasteiger partial charge is 0.258 e. The lowest BCUT2D eigenvalue weighted by molar-refractivity contribution is 0.0351. The van der Waals surface area contributed by atoms with E-state index in [4.69, 9.17) is 15.2 Å². The van der Waals surface area contributed by atoms with Crippen LogP contribution in [0.2, 0.25) is 0 Å². The Labute approximate surface area is 156 Å². The molecule has 1 aromatic carbocycles. The van der Waals surface area contributed by atoms with Crippen molar-refractivity contribution in [1.29, 1.82) is 0 Å². The van der Waals surface area contributed by atoms with E-state index in [9.17, 15) is 4.79 Å². The quantitative estimate of drug-likeness (QED) is 0.568. The van der Waals surface area contributed by atoms with Crippen LogP contribution in [-0.2, 0) is 0 Å². The van der Waals surface area contributed by atoms with Crippen molar-refractivity contribution in [2.75, 3.05) is 39.9 Å². The van der Waals surface area contributed by atoms with E-state index in [2.05, 4.69) is 25.3 Å². The van der Waals surface area contributed by atoms with Crippen molar-refractivity contribution < 1.29 is 14.3 Å². The van der Waals surface area contributed by atoms with Gasteiger partial charge in [0, 0.05) is 31.7 Å². The monoisotopic (exact) mass is 361 g/mol. The van der Waals surface area contributed by atoms with Gasteiger partial charge in [-0.2, -0.15) is 0 Å². The molecule has 26 heavy (non-hydrogen) atoms. The zero-order valence-corrected chi connectivity index (χ0v) is 16.1. The van der Waals surface area contributed by atoms with Crippen LogP contribution in [0.1, 0.15) is 30.6 Å². The van der Waals surface area contributed by atoms with Crippen LogP contribution in [-0.4, -0.2) is 67.7 Å². The molecule has 0 radical (unpaired) electrons. The highest BCUT2D eigenvalue weighted by Crippen LogP contribution is 2.33. The zero-order chi connectivity index (χ0) is 19.1. The van der Waals surface area contributed by atoms with Crippen LogP contribution in [0.25, 0.3) is 0 Å². The SMILES string of the molecule is C=CCN1C[C@@H](C)N(C(=O)c2cccc(OC)c2OCCCN)C[C@H]1C. The summed E-state index contributed by atoms with van der Waals surface area (Å²) in [5.74, 6) is 1.05. The first-order chi connectivity index (χ1) is 12.5. The molecule has 1 amide bonds. The van der Waals surface area contributed by atoms with Gasteiger partial charge in [0.1, 0.15) is 0 Å². The van der Waals surface area contributed by atoms with Crippen molar-refractivity contribution >= 4 is 5.91 Å². The van der Waals surface area contributed by atoms with Crippen molar-refractivity contribution in [2.24, 2.45) is 5.73 Å². The normalized spacial score (nSPS) is 20.7. The fraction of sp³-hybridized carbons (Fsp3) is 0.550. The highest BCUT2D eigenvalue weighted by Gasteiger charge is 2.33. The number of amides is 1. The molecular formula is C20H31N3O3. The average Bonchev–Trinajstić information content (AvgIpc) is 2.64. The predicted molar refractivity (Wildman–Crippen MR) is 104 cm³/mol. The number of para-hydroxylation sites is 1. The van der Waals surface area contributed by atoms with Gasteiger partial charge in [0.15, 0.2) is 11.5 Å². The minimum Gasteiger partial charge on any atom is -0.493 e. The average molecular weight is 361 g/mol. The molecule has 1 fully saturated rings. The molecule has 2 rings (SSSR count). The van der Waals surface area contributed by atoms with E-state index < -0.39 is 0 Å². The second-order valence-corrected chi connectivity index (χ2v) is 6.73. The molecule has 144 valence electrons. The van der Waals surface area contributed by atoms with Gasteiger partial charge in [-0.3, -0.25) is 9.69 Å². The molecule has 1 heterocycles. The number of carbonyl (C=O) groups excluding carboxylic acids is 1. The van der Waals surface area contributed by atoms with Gasteiger partial charge in [-0.25, -0.2) is 0 Å². The lowest BCUT2D eigenvalue weighted by Crippen LogP contribution is -2.57. The maximum absolute atomic E-state index is 13.3. The Morgan fingerprint density at radius 3 is 2.77 bits per heavy atom. The zero-order valence-electron chi connectivity index (χ0n) is 16.1. The van der Waals surface area contributed by atoms with Crippen molar-refractivity contribution in [3.05, 3.63) is 36.4 Å². The van der Waals surface area contributed by atoms with Gasteiger partial charge >= 0.3 is 0 Å². The van der Waals surface area contributed by atoms with Crippen molar-refractivity contribution in [3.63, 3.8) is 0 Å². The molecule has 2 atom stereocenters. The van der Waals surface area contributed by atoms with Crippen LogP contribution in [0.5, 0.6) is 11.5 Å². The molecule has 0 unspecified atom stereocenters. The van der Waals surface area contributed by atoms with Gasteiger partial charge in [0.25, 0.3) is 5.91 Å². The number of hydrogen-bond donors (Lipinski definition) is 1. The number of carbonyl (C=O) groups is 1. The molecular weight excluding hydrogens is 330 g/mol. The second-order valence-electron chi connectivity index (χ2n) is 6.73. The summed E-state index contributed by atoms with van der Waals surface area (Å²) in [5.41, 5.74) is 6.09. The van der Waals surface area contributed by atoms with Crippen molar-refractivity contribution in [1.82, 2.24) is 9.80 Å². The third-order valence-electron chi connectivity index (χ3n) is 4.76. The molecule has 1 aliphatic heterocycles. The first-order valence-electron chi connectivity index (χ1n) is 9.19. The maximum Gasteiger partial charge on any atom is 0.258 e. The minimum absolute atomic E-state index is 0.0238. The van der Waals surface area contributed by atoms with Gasteiger partial charge < -0.3 is 20.1 Å². The Hall–Kier alpha value is -2.05. The van der Waals surface area contributed by atoms with E-state index in [1.165, 1.54) is 0 Å². The summed E-state index contributed by atoms with van der Waals surface area (Å²) >= 11 is 0. The van der Waals surface area contributed by atoms with Crippen LogP contribution >= 0.6 is 0 Å². The van der Waals surface area contributed by atoms with Crippen LogP contribution < -0.4 is 15.2 Å². The number of benzene rings is 1. The second kappa shape index (κ2) is 9.59. The van der Waals surface area contributed by atoms with E-state index in [-0.39, 0.29) is 18.0 Å². The van der Waals surface area contributed by atoms with Gasteiger partial charge in [-0.05, 0) is 38.9 Å². The summed E-state index contributed by atoms with van der Waals surface area (Å²) in [6.07, 6.45) is 2.63. The Morgan fingerprint density at radius 2 is 2.12 bits per heavy atom. The third-order valence-corrected chi connectivity index (χ3v) is 4.76. The van der Waals surface area contributed by atoms with Crippen LogP contribution in [0, 0.1) is 0 Å². The summed E-state index contributed by atoms with van der Waals surface area (Å²) in [7, 11) is 1.58. The number of ether oxygens (including phenoxy) is 2. The molecule has 6 heteroatoms. The molecule has 2 N–H and O–H groups in total. The fourth-order valence-corrected chi connectivity index (χ4v) is 3.31. The summed E-state index contributed by atoms with van der Waals surface area (Å²) in [5, 5.41) is 0. The molecule has 0 saturated carbocycles. The largest absolute Gasteiger partial charge is 0.493 e. The van der Waals surface area contributed by atoms with Crippen LogP contribution in [0.15, 0.2) is 30.9 Å². The van der Waals surface area contributed by atoms with Crippen LogP contribution in [0.3, 0.4) is 0 Å². The van der Waals surface area contributed by atoms with Crippen molar-refractivity contribution in [3.8, 4) is 11.5 Å². The number of methoxy groups -OCH3 is 1. The number of nitrogens with two attached hydrogens (primary N) is 1. The topological polar surface area (TPSA) is 68.0 Å². The van der Waals surface area contributed by atoms with Gasteiger partial charge in [0.2, 0.25) is 0 Å². The Balaban J connectivity index is 2.24. The Morgan fingerprint density at radius 1 is 1.35 bits per heavy atom. The van der Waals surface area contributed by atoms with Crippen molar-refractivity contribution in [2.45, 2.75) is 32.4 Å². The number of rotatable bonds is 8. The lowest BCUT2D eigenvalue weighted by atomic mass is 10.1. The number of hydrogen-bond acceptors (Lipinski definition) is 5. The molecule has 1 aliphatic rings. The maximum atomic E-state index is 13.3. The summed E-state index contributed by atoms with van der Waals surface area (Å²) in [6, 6.07) is 5.82. The standard InChI is InChI=1S/C20H31N3O3/c1-5-11-22-13-16(3)23(14-15(22)2)20(24)17-8-6-9-18(25-4)19(17)26-12-7-10-21/h5-6,8-9,15-16H,1,7,10-14,21H2,2-4H3/t15-,16-/m1/s1. The number of nitrogens with zero attached hydrogens (tertiary/aromatic N) is 2. The predicted octanol–water partition coefficient (Wildman–Crippen LogP) is 2.14. The highest BCUT2D eigenvalue weighted by molar-refractivity contribution is 5.98. The van der Waals surface area contributed by atoms with E-state index in [0.29, 0.717) is 36.8 Å². The van der Waals surface area contributed by atoms with Gasteiger partial charge in [-0.15, -0.1) is 6.58 Å². The minimum atomic E-state index is -0.0238. The van der Waals surface area contributed by atoms with E-state index >= 15 is 0 Å². The molecule has 6 nitrogen and oxygen atoms in total. The summed E-state index contributed by atoms with van der Waals surface area (Å²) < 4.78 is 11.3. The Kier molecular flexibility index (Phi) is 7.48. The van der Waals surface area contributed by atoms with E-state index in [0.717, 1.165) is 19.5 Å². The molecule has 1 saturated heterocycles. The molecule has 0 aromatic heterocycles. The molecule has 0 aliphatic carbocycles. The lowest BCUT2D eigenvalue weighted by Gasteiger charge is -2.44. The molecule has 0 bridgehead atoms. The fourth-order valence-electron chi connectivity index (χ4n) is 3.31. The molecule has 1 aromatic rings. The summed E-state index contributed by atoms with van der Waals surface area (Å²) in [6.45, 7) is 11.4. The van der Waals surface area contributed by atoms with Crippen LogP contribution in [0.4, 0.5) is 0 Å². The van der Waals surface area contributed by atoms with E-state index in [1.807, 2.05) is 23.1 Å². The number of piperazine rings is 1. The highest BCUT2D eigenvalue weighted by atomic mass is 16.5. The summed E-state index contributed by atoms with van der Waals surface area (Å²) in [4.78, 5) is 17.5. The van der Waals surface area contributed by atoms with Gasteiger partial charge in [0.05, 0.1) is 19.3 Å². The molecule has 0 spiro atoms. The first-order valence-corrected chi connectivity index (χ1v) is 9.19. The van der Waals surface area contributed by atoms with Gasteiger partial charge in [-0.1, -0.05) is 12.1 Å². The third kappa shape index (κ3) is 4.56.